The molecule has 3 aromatic carbocycles. The van der Waals surface area contributed by atoms with Crippen LogP contribution >= 0.6 is 0 Å². The molecular formula is C30H31NO5. The number of imide groups is 1. The molecule has 186 valence electrons. The van der Waals surface area contributed by atoms with E-state index in [2.05, 4.69) is 13.8 Å². The van der Waals surface area contributed by atoms with Gasteiger partial charge < -0.3 is 14.2 Å². The number of hydrogen-bond donors (Lipinski definition) is 0. The molecule has 0 radical (unpaired) electrons. The minimum atomic E-state index is -0.342. The van der Waals surface area contributed by atoms with Crippen molar-refractivity contribution in [3.05, 3.63) is 89.0 Å². The van der Waals surface area contributed by atoms with Crippen LogP contribution in [0.4, 0.5) is 0 Å². The maximum atomic E-state index is 13.6. The fraction of sp³-hybridized carbons (Fsp3) is 0.267. The number of rotatable bonds is 9. The molecular weight excluding hydrogens is 454 g/mol. The molecule has 0 saturated carbocycles. The number of amides is 2. The van der Waals surface area contributed by atoms with Crippen LogP contribution in [0.5, 0.6) is 17.2 Å². The lowest BCUT2D eigenvalue weighted by Crippen LogP contribution is -2.41. The van der Waals surface area contributed by atoms with E-state index in [1.54, 1.807) is 26.4 Å². The summed E-state index contributed by atoms with van der Waals surface area (Å²) in [6.45, 7) is 5.07. The first-order valence-corrected chi connectivity index (χ1v) is 12.0. The lowest BCUT2D eigenvalue weighted by Gasteiger charge is -2.29. The average molecular weight is 486 g/mol. The third kappa shape index (κ3) is 5.43. The van der Waals surface area contributed by atoms with Gasteiger partial charge in [-0.1, -0.05) is 50.2 Å². The Bertz CT molecular complexity index is 1280. The van der Waals surface area contributed by atoms with Gasteiger partial charge in [0.05, 0.1) is 27.4 Å². The largest absolute Gasteiger partial charge is 0.497 e. The quantitative estimate of drug-likeness (QED) is 0.281. The smallest absolute Gasteiger partial charge is 0.261 e. The molecule has 0 aliphatic carbocycles. The number of carbonyl (C=O) groups is 2. The molecule has 0 spiro atoms. The second-order valence-electron chi connectivity index (χ2n) is 9.09. The molecule has 36 heavy (non-hydrogen) atoms. The molecule has 1 aliphatic heterocycles. The number of ether oxygens (including phenoxy) is 3. The van der Waals surface area contributed by atoms with Gasteiger partial charge in [0, 0.05) is 11.1 Å². The van der Waals surface area contributed by atoms with Crippen molar-refractivity contribution in [1.29, 1.82) is 0 Å². The number of methoxy groups -OCH3 is 2. The van der Waals surface area contributed by atoms with Gasteiger partial charge in [-0.25, -0.2) is 0 Å². The van der Waals surface area contributed by atoms with E-state index in [0.29, 0.717) is 46.5 Å². The van der Waals surface area contributed by atoms with Crippen LogP contribution in [0.15, 0.2) is 66.7 Å². The lowest BCUT2D eigenvalue weighted by atomic mass is 9.91. The van der Waals surface area contributed by atoms with Gasteiger partial charge in [-0.3, -0.25) is 14.5 Å². The van der Waals surface area contributed by atoms with Crippen LogP contribution in [0, 0.1) is 5.92 Å². The van der Waals surface area contributed by atoms with Crippen LogP contribution in [0.2, 0.25) is 0 Å². The number of fused-ring (bicyclic) bond motifs is 1. The topological polar surface area (TPSA) is 65.1 Å². The summed E-state index contributed by atoms with van der Waals surface area (Å²) in [6.07, 6.45) is 2.74. The maximum absolute atomic E-state index is 13.6. The second-order valence-corrected chi connectivity index (χ2v) is 9.09. The average Bonchev–Trinajstić information content (AvgIpc) is 2.89. The molecule has 6 heteroatoms. The van der Waals surface area contributed by atoms with Gasteiger partial charge in [0.25, 0.3) is 11.8 Å². The normalized spacial score (nSPS) is 14.2. The van der Waals surface area contributed by atoms with E-state index >= 15 is 0 Å². The summed E-state index contributed by atoms with van der Waals surface area (Å²) in [5, 5.41) is 0. The Labute approximate surface area is 212 Å². The fourth-order valence-corrected chi connectivity index (χ4v) is 4.06. The summed E-state index contributed by atoms with van der Waals surface area (Å²) in [5.74, 6) is 1.86. The zero-order chi connectivity index (χ0) is 25.7. The SMILES string of the molecule is COc1ccc(CN2C(=O)C(=Cc3ccc(OCCC(C)C)c(OC)c3)c3ccccc3C2=O)cc1. The van der Waals surface area contributed by atoms with Crippen molar-refractivity contribution in [2.45, 2.75) is 26.8 Å². The van der Waals surface area contributed by atoms with Crippen molar-refractivity contribution in [2.24, 2.45) is 5.92 Å². The van der Waals surface area contributed by atoms with E-state index in [0.717, 1.165) is 17.5 Å². The Morgan fingerprint density at radius 1 is 0.833 bits per heavy atom. The third-order valence-electron chi connectivity index (χ3n) is 6.12. The van der Waals surface area contributed by atoms with E-state index in [-0.39, 0.29) is 18.4 Å². The van der Waals surface area contributed by atoms with Gasteiger partial charge in [-0.15, -0.1) is 0 Å². The molecule has 6 nitrogen and oxygen atoms in total. The molecule has 0 N–H and O–H groups in total. The van der Waals surface area contributed by atoms with Crippen molar-refractivity contribution in [3.63, 3.8) is 0 Å². The summed E-state index contributed by atoms with van der Waals surface area (Å²) in [5.41, 5.74) is 3.18. The van der Waals surface area contributed by atoms with Gasteiger partial charge in [-0.05, 0) is 65.4 Å². The number of benzene rings is 3. The summed E-state index contributed by atoms with van der Waals surface area (Å²) < 4.78 is 16.7. The summed E-state index contributed by atoms with van der Waals surface area (Å²) in [4.78, 5) is 28.2. The predicted molar refractivity (Wildman–Crippen MR) is 140 cm³/mol. The van der Waals surface area contributed by atoms with Crippen LogP contribution in [-0.2, 0) is 11.3 Å². The Morgan fingerprint density at radius 2 is 1.56 bits per heavy atom. The van der Waals surface area contributed by atoms with Crippen molar-refractivity contribution in [3.8, 4) is 17.2 Å². The van der Waals surface area contributed by atoms with Gasteiger partial charge in [0.15, 0.2) is 11.5 Å². The first-order valence-electron chi connectivity index (χ1n) is 12.0. The summed E-state index contributed by atoms with van der Waals surface area (Å²) >= 11 is 0. The van der Waals surface area contributed by atoms with Gasteiger partial charge >= 0.3 is 0 Å². The fourth-order valence-electron chi connectivity index (χ4n) is 4.06. The van der Waals surface area contributed by atoms with Gasteiger partial charge in [0.2, 0.25) is 0 Å². The molecule has 1 aliphatic rings. The Balaban J connectivity index is 1.67. The molecule has 4 rings (SSSR count). The van der Waals surface area contributed by atoms with E-state index in [4.69, 9.17) is 14.2 Å². The van der Waals surface area contributed by atoms with E-state index in [9.17, 15) is 9.59 Å². The number of carbonyl (C=O) groups excluding carboxylic acids is 2. The molecule has 0 bridgehead atoms. The maximum Gasteiger partial charge on any atom is 0.261 e. The van der Waals surface area contributed by atoms with Crippen molar-refractivity contribution >= 4 is 23.5 Å². The monoisotopic (exact) mass is 485 g/mol. The van der Waals surface area contributed by atoms with Crippen molar-refractivity contribution in [2.75, 3.05) is 20.8 Å². The minimum absolute atomic E-state index is 0.166. The number of hydrogen-bond acceptors (Lipinski definition) is 5. The summed E-state index contributed by atoms with van der Waals surface area (Å²) in [6, 6.07) is 20.1. The molecule has 1 heterocycles. The number of nitrogens with zero attached hydrogens (tertiary/aromatic N) is 1. The molecule has 0 saturated heterocycles. The lowest BCUT2D eigenvalue weighted by molar-refractivity contribution is -0.123. The van der Waals surface area contributed by atoms with Gasteiger partial charge in [0.1, 0.15) is 5.75 Å². The molecule has 0 aromatic heterocycles. The van der Waals surface area contributed by atoms with E-state index < -0.39 is 0 Å². The Hall–Kier alpha value is -4.06. The van der Waals surface area contributed by atoms with Crippen molar-refractivity contribution in [1.82, 2.24) is 4.90 Å². The molecule has 0 atom stereocenters. The molecule has 0 fully saturated rings. The first-order chi connectivity index (χ1) is 17.4. The first kappa shape index (κ1) is 25.0. The Kier molecular flexibility index (Phi) is 7.74. The highest BCUT2D eigenvalue weighted by atomic mass is 16.5. The zero-order valence-corrected chi connectivity index (χ0v) is 21.1. The van der Waals surface area contributed by atoms with E-state index in [1.165, 1.54) is 4.90 Å². The van der Waals surface area contributed by atoms with Crippen LogP contribution in [-0.4, -0.2) is 37.5 Å². The molecule has 2 amide bonds. The highest BCUT2D eigenvalue weighted by Gasteiger charge is 2.34. The van der Waals surface area contributed by atoms with E-state index in [1.807, 2.05) is 60.7 Å². The summed E-state index contributed by atoms with van der Waals surface area (Å²) in [7, 11) is 3.19. The molecule has 3 aromatic rings. The molecule has 0 unspecified atom stereocenters. The zero-order valence-electron chi connectivity index (χ0n) is 21.1. The third-order valence-corrected chi connectivity index (χ3v) is 6.12. The Morgan fingerprint density at radius 3 is 2.22 bits per heavy atom. The van der Waals surface area contributed by atoms with Gasteiger partial charge in [-0.2, -0.15) is 0 Å². The minimum Gasteiger partial charge on any atom is -0.497 e. The van der Waals surface area contributed by atoms with Crippen molar-refractivity contribution < 1.29 is 23.8 Å². The second kappa shape index (κ2) is 11.1. The predicted octanol–water partition coefficient (Wildman–Crippen LogP) is 5.85. The standard InChI is InChI=1S/C30H31NO5/c1-20(2)15-16-36-27-14-11-22(18-28(27)35-4)17-26-24-7-5-6-8-25(24)29(32)31(30(26)33)19-21-9-12-23(34-3)13-10-21/h5-14,17-18,20H,15-16,19H2,1-4H3. The van der Waals surface area contributed by atoms with Crippen LogP contribution in [0.25, 0.3) is 11.6 Å². The van der Waals surface area contributed by atoms with Crippen LogP contribution < -0.4 is 14.2 Å². The van der Waals surface area contributed by atoms with Crippen LogP contribution in [0.3, 0.4) is 0 Å². The van der Waals surface area contributed by atoms with Crippen LogP contribution in [0.1, 0.15) is 47.3 Å². The highest BCUT2D eigenvalue weighted by molar-refractivity contribution is 6.33. The highest BCUT2D eigenvalue weighted by Crippen LogP contribution is 2.34.